The summed E-state index contributed by atoms with van der Waals surface area (Å²) in [5, 5.41) is 10.6. The Balaban J connectivity index is 1.64. The van der Waals surface area contributed by atoms with Crippen LogP contribution in [0.1, 0.15) is 30.3 Å². The normalized spacial score (nSPS) is 18.3. The first-order valence-electron chi connectivity index (χ1n) is 8.01. The van der Waals surface area contributed by atoms with Crippen molar-refractivity contribution >= 4 is 17.5 Å². The fourth-order valence-corrected chi connectivity index (χ4v) is 3.33. The molecule has 2 N–H and O–H groups in total. The standard InChI is InChI=1S/C17H21ClN4O/c1-2-22-9-5-6-12(22)11-19-17(23)16-10-15(20-21-16)13-7-3-4-8-14(13)18/h3-4,7-8,10,12H,2,5-6,9,11H2,1H3,(H,19,23)(H,20,21)/t12-/m0/s1. The van der Waals surface area contributed by atoms with Gasteiger partial charge in [0.05, 0.1) is 10.7 Å². The van der Waals surface area contributed by atoms with Crippen LogP contribution in [0.4, 0.5) is 0 Å². The van der Waals surface area contributed by atoms with Gasteiger partial charge in [-0.1, -0.05) is 36.7 Å². The van der Waals surface area contributed by atoms with Gasteiger partial charge in [-0.05, 0) is 38.1 Å². The quantitative estimate of drug-likeness (QED) is 0.885. The summed E-state index contributed by atoms with van der Waals surface area (Å²) in [6, 6.07) is 9.64. The van der Waals surface area contributed by atoms with E-state index in [1.165, 1.54) is 6.42 Å². The van der Waals surface area contributed by atoms with Crippen molar-refractivity contribution in [1.29, 1.82) is 0 Å². The van der Waals surface area contributed by atoms with Crippen molar-refractivity contribution in [1.82, 2.24) is 20.4 Å². The highest BCUT2D eigenvalue weighted by atomic mass is 35.5. The number of aromatic amines is 1. The second kappa shape index (κ2) is 7.15. The van der Waals surface area contributed by atoms with Gasteiger partial charge in [0.1, 0.15) is 5.69 Å². The van der Waals surface area contributed by atoms with Gasteiger partial charge in [0.15, 0.2) is 0 Å². The second-order valence-electron chi connectivity index (χ2n) is 5.78. The van der Waals surface area contributed by atoms with Crippen LogP contribution in [0.25, 0.3) is 11.3 Å². The third kappa shape index (κ3) is 3.57. The van der Waals surface area contributed by atoms with Crippen LogP contribution in [0, 0.1) is 0 Å². The van der Waals surface area contributed by atoms with Gasteiger partial charge in [0.2, 0.25) is 0 Å². The van der Waals surface area contributed by atoms with E-state index in [0.717, 1.165) is 25.1 Å². The number of benzene rings is 1. The van der Waals surface area contributed by atoms with E-state index in [9.17, 15) is 4.79 Å². The molecule has 3 rings (SSSR count). The van der Waals surface area contributed by atoms with Crippen molar-refractivity contribution in [2.24, 2.45) is 0 Å². The minimum Gasteiger partial charge on any atom is -0.349 e. The molecule has 5 nitrogen and oxygen atoms in total. The van der Waals surface area contributed by atoms with Gasteiger partial charge in [-0.2, -0.15) is 5.10 Å². The first-order chi connectivity index (χ1) is 11.2. The summed E-state index contributed by atoms with van der Waals surface area (Å²) in [7, 11) is 0. The van der Waals surface area contributed by atoms with Crippen LogP contribution < -0.4 is 5.32 Å². The second-order valence-corrected chi connectivity index (χ2v) is 6.19. The number of carbonyl (C=O) groups excluding carboxylic acids is 1. The van der Waals surface area contributed by atoms with Crippen LogP contribution in [-0.2, 0) is 0 Å². The molecule has 122 valence electrons. The highest BCUT2D eigenvalue weighted by Crippen LogP contribution is 2.26. The topological polar surface area (TPSA) is 61.0 Å². The number of amides is 1. The maximum Gasteiger partial charge on any atom is 0.269 e. The van der Waals surface area contributed by atoms with Gasteiger partial charge in [0, 0.05) is 18.2 Å². The Morgan fingerprint density at radius 1 is 1.48 bits per heavy atom. The lowest BCUT2D eigenvalue weighted by molar-refractivity contribution is 0.0936. The lowest BCUT2D eigenvalue weighted by atomic mass is 10.1. The van der Waals surface area contributed by atoms with Gasteiger partial charge in [-0.15, -0.1) is 0 Å². The van der Waals surface area contributed by atoms with Crippen LogP contribution in [-0.4, -0.2) is 46.7 Å². The smallest absolute Gasteiger partial charge is 0.269 e. The molecule has 0 spiro atoms. The number of likely N-dealkylation sites (tertiary alicyclic amines) is 1. The van der Waals surface area contributed by atoms with E-state index in [-0.39, 0.29) is 5.91 Å². The molecule has 0 bridgehead atoms. The highest BCUT2D eigenvalue weighted by Gasteiger charge is 2.23. The Hall–Kier alpha value is -1.85. The summed E-state index contributed by atoms with van der Waals surface area (Å²) < 4.78 is 0. The number of nitrogens with one attached hydrogen (secondary N) is 2. The predicted octanol–water partition coefficient (Wildman–Crippen LogP) is 2.94. The van der Waals surface area contributed by atoms with Crippen molar-refractivity contribution in [2.45, 2.75) is 25.8 Å². The average Bonchev–Trinajstić information content (AvgIpc) is 3.22. The predicted molar refractivity (Wildman–Crippen MR) is 91.6 cm³/mol. The number of H-pyrrole nitrogens is 1. The molecule has 0 aliphatic carbocycles. The van der Waals surface area contributed by atoms with Gasteiger partial charge >= 0.3 is 0 Å². The van der Waals surface area contributed by atoms with Crippen LogP contribution in [0.15, 0.2) is 30.3 Å². The molecule has 1 saturated heterocycles. The van der Waals surface area contributed by atoms with Crippen molar-refractivity contribution in [3.63, 3.8) is 0 Å². The third-order valence-electron chi connectivity index (χ3n) is 4.38. The van der Waals surface area contributed by atoms with E-state index in [1.54, 1.807) is 6.07 Å². The molecule has 1 amide bonds. The number of hydrogen-bond donors (Lipinski definition) is 2. The van der Waals surface area contributed by atoms with E-state index in [0.29, 0.717) is 29.0 Å². The SMILES string of the molecule is CCN1CCC[C@H]1CNC(=O)c1cc(-c2ccccc2Cl)n[nH]1. The van der Waals surface area contributed by atoms with E-state index in [1.807, 2.05) is 24.3 Å². The number of aromatic nitrogens is 2. The number of carbonyl (C=O) groups is 1. The molecule has 1 aliphatic heterocycles. The van der Waals surface area contributed by atoms with Gasteiger partial charge in [-0.3, -0.25) is 14.8 Å². The van der Waals surface area contributed by atoms with Crippen LogP contribution in [0.2, 0.25) is 5.02 Å². The van der Waals surface area contributed by atoms with Crippen LogP contribution in [0.5, 0.6) is 0 Å². The highest BCUT2D eigenvalue weighted by molar-refractivity contribution is 6.33. The maximum atomic E-state index is 12.3. The Bertz CT molecular complexity index is 685. The van der Waals surface area contributed by atoms with E-state index < -0.39 is 0 Å². The zero-order valence-corrected chi connectivity index (χ0v) is 13.9. The van der Waals surface area contributed by atoms with E-state index in [4.69, 9.17) is 11.6 Å². The minimum atomic E-state index is -0.126. The van der Waals surface area contributed by atoms with Gasteiger partial charge < -0.3 is 5.32 Å². The summed E-state index contributed by atoms with van der Waals surface area (Å²) in [4.78, 5) is 14.7. The number of rotatable bonds is 5. The maximum absolute atomic E-state index is 12.3. The fourth-order valence-electron chi connectivity index (χ4n) is 3.09. The van der Waals surface area contributed by atoms with E-state index in [2.05, 4.69) is 27.3 Å². The van der Waals surface area contributed by atoms with Crippen LogP contribution in [0.3, 0.4) is 0 Å². The molecule has 1 aliphatic rings. The van der Waals surface area contributed by atoms with Crippen molar-refractivity contribution in [3.05, 3.63) is 41.0 Å². The summed E-state index contributed by atoms with van der Waals surface area (Å²) in [5.41, 5.74) is 1.95. The molecule has 1 fully saturated rings. The molecule has 0 saturated carbocycles. The Morgan fingerprint density at radius 2 is 2.30 bits per heavy atom. The van der Waals surface area contributed by atoms with Crippen molar-refractivity contribution in [2.75, 3.05) is 19.6 Å². The summed E-state index contributed by atoms with van der Waals surface area (Å²) >= 11 is 6.17. The monoisotopic (exact) mass is 332 g/mol. The molecule has 23 heavy (non-hydrogen) atoms. The average molecular weight is 333 g/mol. The van der Waals surface area contributed by atoms with Gasteiger partial charge in [0.25, 0.3) is 5.91 Å². The number of likely N-dealkylation sites (N-methyl/N-ethyl adjacent to an activating group) is 1. The molecule has 2 aromatic rings. The Morgan fingerprint density at radius 3 is 3.09 bits per heavy atom. The largest absolute Gasteiger partial charge is 0.349 e. The molecule has 1 aromatic heterocycles. The first-order valence-corrected chi connectivity index (χ1v) is 8.39. The Labute approximate surface area is 141 Å². The summed E-state index contributed by atoms with van der Waals surface area (Å²) in [5.74, 6) is -0.126. The number of halogens is 1. The molecule has 6 heteroatoms. The number of nitrogens with zero attached hydrogens (tertiary/aromatic N) is 2. The lowest BCUT2D eigenvalue weighted by Gasteiger charge is -2.22. The molecule has 1 atom stereocenters. The number of hydrogen-bond acceptors (Lipinski definition) is 3. The van der Waals surface area contributed by atoms with Crippen LogP contribution >= 0.6 is 11.6 Å². The first kappa shape index (κ1) is 16.0. The molecular formula is C17H21ClN4O. The molecule has 2 heterocycles. The fraction of sp³-hybridized carbons (Fsp3) is 0.412. The minimum absolute atomic E-state index is 0.126. The molecule has 0 radical (unpaired) electrons. The van der Waals surface area contributed by atoms with Gasteiger partial charge in [-0.25, -0.2) is 0 Å². The zero-order chi connectivity index (χ0) is 16.2. The van der Waals surface area contributed by atoms with Crippen molar-refractivity contribution in [3.8, 4) is 11.3 Å². The lowest BCUT2D eigenvalue weighted by Crippen LogP contribution is -2.40. The zero-order valence-electron chi connectivity index (χ0n) is 13.2. The van der Waals surface area contributed by atoms with E-state index >= 15 is 0 Å². The molecule has 1 aromatic carbocycles. The summed E-state index contributed by atoms with van der Waals surface area (Å²) in [6.45, 7) is 4.98. The molecule has 0 unspecified atom stereocenters. The summed E-state index contributed by atoms with van der Waals surface area (Å²) in [6.07, 6.45) is 2.34. The Kier molecular flexibility index (Phi) is 4.98. The van der Waals surface area contributed by atoms with Crippen molar-refractivity contribution < 1.29 is 4.79 Å². The molecular weight excluding hydrogens is 312 g/mol. The third-order valence-corrected chi connectivity index (χ3v) is 4.71.